The number of hydrogen-bond donors (Lipinski definition) is 0. The molecule has 0 saturated heterocycles. The van der Waals surface area contributed by atoms with Gasteiger partial charge in [0.25, 0.3) is 0 Å². The summed E-state index contributed by atoms with van der Waals surface area (Å²) in [5, 5.41) is 0.307. The van der Waals surface area contributed by atoms with Crippen molar-refractivity contribution in [1.29, 1.82) is 0 Å². The molecule has 0 spiro atoms. The van der Waals surface area contributed by atoms with E-state index in [4.69, 9.17) is 4.74 Å². The minimum Gasteiger partial charge on any atom is -0.484 e. The summed E-state index contributed by atoms with van der Waals surface area (Å²) >= 11 is 0.910. The van der Waals surface area contributed by atoms with Crippen LogP contribution in [0.4, 0.5) is 17.6 Å². The number of benzene rings is 2. The standard InChI is InChI=1S/C22H20F4O2S/c1-4-5-11(2)12(3)28-22-16(25)9-15(24)20(21(22)26)19-14-7-6-13(23)8-17(14)29-18(19)10-27/h6-12H,4-5H2,1-3H3. The lowest BCUT2D eigenvalue weighted by Gasteiger charge is -2.22. The average molecular weight is 424 g/mol. The predicted molar refractivity (Wildman–Crippen MR) is 107 cm³/mol. The van der Waals surface area contributed by atoms with Crippen molar-refractivity contribution in [3.63, 3.8) is 0 Å². The zero-order valence-corrected chi connectivity index (χ0v) is 17.0. The lowest BCUT2D eigenvalue weighted by Crippen LogP contribution is -2.22. The molecule has 0 aliphatic rings. The molecule has 3 aromatic rings. The molecule has 1 aromatic heterocycles. The highest BCUT2D eigenvalue weighted by atomic mass is 32.1. The highest BCUT2D eigenvalue weighted by Gasteiger charge is 2.28. The van der Waals surface area contributed by atoms with Crippen molar-refractivity contribution in [2.45, 2.75) is 39.7 Å². The Kier molecular flexibility index (Phi) is 6.27. The summed E-state index contributed by atoms with van der Waals surface area (Å²) in [6.07, 6.45) is 1.63. The van der Waals surface area contributed by atoms with Crippen LogP contribution in [0.2, 0.25) is 0 Å². The van der Waals surface area contributed by atoms with E-state index in [0.29, 0.717) is 22.4 Å². The van der Waals surface area contributed by atoms with Crippen LogP contribution in [0.15, 0.2) is 24.3 Å². The molecule has 0 saturated carbocycles. The zero-order valence-electron chi connectivity index (χ0n) is 16.2. The van der Waals surface area contributed by atoms with Crippen LogP contribution in [0.25, 0.3) is 21.2 Å². The minimum absolute atomic E-state index is 0.0216. The molecule has 0 N–H and O–H groups in total. The first-order valence-electron chi connectivity index (χ1n) is 9.30. The quantitative estimate of drug-likeness (QED) is 0.298. The number of fused-ring (bicyclic) bond motifs is 1. The second-order valence-corrected chi connectivity index (χ2v) is 8.13. The fraction of sp³-hybridized carbons (Fsp3) is 0.318. The van der Waals surface area contributed by atoms with E-state index >= 15 is 4.39 Å². The monoisotopic (exact) mass is 424 g/mol. The molecule has 0 fully saturated rings. The fourth-order valence-electron chi connectivity index (χ4n) is 3.33. The maximum Gasteiger partial charge on any atom is 0.191 e. The molecular formula is C22H20F4O2S. The van der Waals surface area contributed by atoms with Crippen molar-refractivity contribution in [2.75, 3.05) is 0 Å². The largest absolute Gasteiger partial charge is 0.484 e. The summed E-state index contributed by atoms with van der Waals surface area (Å²) in [7, 11) is 0. The van der Waals surface area contributed by atoms with Gasteiger partial charge >= 0.3 is 0 Å². The predicted octanol–water partition coefficient (Wildman–Crippen LogP) is 7.14. The summed E-state index contributed by atoms with van der Waals surface area (Å²) in [6, 6.07) is 4.21. The maximum absolute atomic E-state index is 15.3. The molecule has 0 amide bonds. The van der Waals surface area contributed by atoms with E-state index in [2.05, 4.69) is 0 Å². The molecule has 7 heteroatoms. The van der Waals surface area contributed by atoms with Gasteiger partial charge in [0.05, 0.1) is 16.5 Å². The van der Waals surface area contributed by atoms with Gasteiger partial charge in [-0.25, -0.2) is 17.6 Å². The van der Waals surface area contributed by atoms with Gasteiger partial charge in [0.1, 0.15) is 11.6 Å². The Morgan fingerprint density at radius 1 is 1.07 bits per heavy atom. The lowest BCUT2D eigenvalue weighted by molar-refractivity contribution is 0.112. The van der Waals surface area contributed by atoms with Gasteiger partial charge < -0.3 is 4.74 Å². The molecule has 0 aliphatic heterocycles. The first-order valence-corrected chi connectivity index (χ1v) is 10.1. The van der Waals surface area contributed by atoms with Gasteiger partial charge in [-0.2, -0.15) is 0 Å². The van der Waals surface area contributed by atoms with Crippen molar-refractivity contribution < 1.29 is 27.1 Å². The summed E-state index contributed by atoms with van der Waals surface area (Å²) in [5.41, 5.74) is -0.592. The molecule has 2 atom stereocenters. The molecule has 0 bridgehead atoms. The third-order valence-corrected chi connectivity index (χ3v) is 6.09. The van der Waals surface area contributed by atoms with Crippen LogP contribution in [0.1, 0.15) is 43.3 Å². The Labute approximate surface area is 170 Å². The zero-order chi connectivity index (χ0) is 21.3. The first-order chi connectivity index (χ1) is 13.8. The number of thiophene rings is 1. The van der Waals surface area contributed by atoms with E-state index in [1.165, 1.54) is 12.1 Å². The van der Waals surface area contributed by atoms with E-state index in [0.717, 1.165) is 30.2 Å². The van der Waals surface area contributed by atoms with Crippen molar-refractivity contribution in [2.24, 2.45) is 5.92 Å². The second-order valence-electron chi connectivity index (χ2n) is 7.05. The van der Waals surface area contributed by atoms with E-state index in [1.807, 2.05) is 13.8 Å². The molecule has 0 radical (unpaired) electrons. The van der Waals surface area contributed by atoms with Crippen LogP contribution in [0, 0.1) is 29.2 Å². The highest BCUT2D eigenvalue weighted by Crippen LogP contribution is 2.43. The first kappa shape index (κ1) is 21.3. The number of hydrogen-bond acceptors (Lipinski definition) is 3. The van der Waals surface area contributed by atoms with Gasteiger partial charge in [0.2, 0.25) is 0 Å². The Morgan fingerprint density at radius 3 is 2.45 bits per heavy atom. The van der Waals surface area contributed by atoms with Crippen LogP contribution in [-0.2, 0) is 0 Å². The molecule has 1 heterocycles. The Bertz CT molecular complexity index is 1060. The molecule has 0 aliphatic carbocycles. The molecule has 29 heavy (non-hydrogen) atoms. The Hall–Kier alpha value is -2.41. The number of aldehydes is 1. The summed E-state index contributed by atoms with van der Waals surface area (Å²) in [5.74, 6) is -4.72. The SMILES string of the molecule is CCCC(C)C(C)Oc1c(F)cc(F)c(-c2c(C=O)sc3cc(F)ccc23)c1F. The van der Waals surface area contributed by atoms with Crippen LogP contribution in [-0.4, -0.2) is 12.4 Å². The van der Waals surface area contributed by atoms with E-state index in [-0.39, 0.29) is 16.4 Å². The van der Waals surface area contributed by atoms with Crippen molar-refractivity contribution >= 4 is 27.7 Å². The number of rotatable bonds is 7. The number of halogens is 4. The van der Waals surface area contributed by atoms with E-state index < -0.39 is 40.7 Å². The number of ether oxygens (including phenoxy) is 1. The maximum atomic E-state index is 15.3. The molecule has 2 nitrogen and oxygen atoms in total. The molecule has 154 valence electrons. The van der Waals surface area contributed by atoms with Gasteiger partial charge in [-0.3, -0.25) is 4.79 Å². The van der Waals surface area contributed by atoms with Crippen LogP contribution < -0.4 is 4.74 Å². The molecule has 2 unspecified atom stereocenters. The Balaban J connectivity index is 2.19. The number of carbonyl (C=O) groups is 1. The van der Waals surface area contributed by atoms with Crippen LogP contribution >= 0.6 is 11.3 Å². The van der Waals surface area contributed by atoms with Gasteiger partial charge in [-0.15, -0.1) is 11.3 Å². The van der Waals surface area contributed by atoms with E-state index in [1.54, 1.807) is 6.92 Å². The third kappa shape index (κ3) is 4.01. The van der Waals surface area contributed by atoms with Crippen molar-refractivity contribution in [3.05, 3.63) is 52.4 Å². The van der Waals surface area contributed by atoms with Crippen LogP contribution in [0.3, 0.4) is 0 Å². The van der Waals surface area contributed by atoms with Crippen LogP contribution in [0.5, 0.6) is 5.75 Å². The van der Waals surface area contributed by atoms with Crippen molar-refractivity contribution in [1.82, 2.24) is 0 Å². The van der Waals surface area contributed by atoms with Gasteiger partial charge in [-0.05, 0) is 37.5 Å². The third-order valence-electron chi connectivity index (χ3n) is 5.01. The van der Waals surface area contributed by atoms with E-state index in [9.17, 15) is 18.0 Å². The molecular weight excluding hydrogens is 404 g/mol. The normalized spacial score (nSPS) is 13.5. The van der Waals surface area contributed by atoms with Gasteiger partial charge in [0, 0.05) is 21.7 Å². The summed E-state index contributed by atoms with van der Waals surface area (Å²) in [4.78, 5) is 11.6. The Morgan fingerprint density at radius 2 is 1.79 bits per heavy atom. The lowest BCUT2D eigenvalue weighted by atomic mass is 9.99. The summed E-state index contributed by atoms with van der Waals surface area (Å²) in [6.45, 7) is 5.59. The molecule has 2 aromatic carbocycles. The van der Waals surface area contributed by atoms with Crippen molar-refractivity contribution in [3.8, 4) is 16.9 Å². The number of carbonyl (C=O) groups excluding carboxylic acids is 1. The smallest absolute Gasteiger partial charge is 0.191 e. The minimum atomic E-state index is -1.22. The topological polar surface area (TPSA) is 26.3 Å². The second kappa shape index (κ2) is 8.53. The highest BCUT2D eigenvalue weighted by molar-refractivity contribution is 7.21. The van der Waals surface area contributed by atoms with Gasteiger partial charge in [-0.1, -0.05) is 20.3 Å². The average Bonchev–Trinajstić information content (AvgIpc) is 3.02. The fourth-order valence-corrected chi connectivity index (χ4v) is 4.38. The molecule has 3 rings (SSSR count). The summed E-state index contributed by atoms with van der Waals surface area (Å²) < 4.78 is 63.8. The van der Waals surface area contributed by atoms with Gasteiger partial charge in [0.15, 0.2) is 23.7 Å².